The molecular formula is C33H66O2. The highest BCUT2D eigenvalue weighted by atomic mass is 16.5. The summed E-state index contributed by atoms with van der Waals surface area (Å²) in [5, 5.41) is 0. The lowest BCUT2D eigenvalue weighted by molar-refractivity contribution is -0.149. The largest absolute Gasteiger partial charge is 0.465 e. The molecule has 2 nitrogen and oxygen atoms in total. The van der Waals surface area contributed by atoms with E-state index >= 15 is 0 Å². The lowest BCUT2D eigenvalue weighted by atomic mass is 9.94. The summed E-state index contributed by atoms with van der Waals surface area (Å²) in [5.41, 5.74) is 0. The van der Waals surface area contributed by atoms with Crippen molar-refractivity contribution in [3.63, 3.8) is 0 Å². The van der Waals surface area contributed by atoms with Gasteiger partial charge in [-0.25, -0.2) is 0 Å². The summed E-state index contributed by atoms with van der Waals surface area (Å²) in [6.07, 6.45) is 33.4. The highest BCUT2D eigenvalue weighted by molar-refractivity contribution is 5.71. The second-order valence-corrected chi connectivity index (χ2v) is 11.5. The summed E-state index contributed by atoms with van der Waals surface area (Å²) in [6, 6.07) is 0. The van der Waals surface area contributed by atoms with Gasteiger partial charge >= 0.3 is 5.97 Å². The number of hydrogen-bond donors (Lipinski definition) is 0. The Morgan fingerprint density at radius 1 is 0.486 bits per heavy atom. The van der Waals surface area contributed by atoms with E-state index in [1.54, 1.807) is 0 Å². The maximum Gasteiger partial charge on any atom is 0.308 e. The van der Waals surface area contributed by atoms with Crippen molar-refractivity contribution in [2.24, 2.45) is 11.8 Å². The maximum atomic E-state index is 12.5. The predicted molar refractivity (Wildman–Crippen MR) is 156 cm³/mol. The topological polar surface area (TPSA) is 26.3 Å². The van der Waals surface area contributed by atoms with E-state index in [1.165, 1.54) is 148 Å². The monoisotopic (exact) mass is 495 g/mol. The summed E-state index contributed by atoms with van der Waals surface area (Å²) < 4.78 is 5.83. The summed E-state index contributed by atoms with van der Waals surface area (Å²) in [7, 11) is 0. The van der Waals surface area contributed by atoms with Crippen molar-refractivity contribution < 1.29 is 9.53 Å². The van der Waals surface area contributed by atoms with Gasteiger partial charge in [-0.15, -0.1) is 0 Å². The lowest BCUT2D eigenvalue weighted by Gasteiger charge is -2.19. The molecular weight excluding hydrogens is 428 g/mol. The predicted octanol–water partition coefficient (Wildman–Crippen LogP) is 11.6. The summed E-state index contributed by atoms with van der Waals surface area (Å²) in [5.74, 6) is 0.674. The fourth-order valence-corrected chi connectivity index (χ4v) is 5.14. The third-order valence-corrected chi connectivity index (χ3v) is 7.79. The van der Waals surface area contributed by atoms with Crippen LogP contribution >= 0.6 is 0 Å². The van der Waals surface area contributed by atoms with Gasteiger partial charge in [0, 0.05) is 0 Å². The van der Waals surface area contributed by atoms with Gasteiger partial charge in [0.2, 0.25) is 0 Å². The first-order valence-corrected chi connectivity index (χ1v) is 16.3. The van der Waals surface area contributed by atoms with Crippen molar-refractivity contribution >= 4 is 5.97 Å². The molecule has 0 rings (SSSR count). The Morgan fingerprint density at radius 3 is 1.20 bits per heavy atom. The van der Waals surface area contributed by atoms with Crippen LogP contribution in [0.3, 0.4) is 0 Å². The molecule has 210 valence electrons. The Hall–Kier alpha value is -0.530. The Labute approximate surface area is 222 Å². The van der Waals surface area contributed by atoms with E-state index in [1.807, 2.05) is 0 Å². The molecule has 0 bridgehead atoms. The van der Waals surface area contributed by atoms with Crippen LogP contribution in [0.5, 0.6) is 0 Å². The average molecular weight is 495 g/mol. The molecule has 0 aliphatic carbocycles. The highest BCUT2D eigenvalue weighted by Crippen LogP contribution is 2.21. The van der Waals surface area contributed by atoms with Crippen LogP contribution in [0, 0.1) is 11.8 Å². The van der Waals surface area contributed by atoms with Gasteiger partial charge in [-0.1, -0.05) is 169 Å². The molecule has 0 aliphatic heterocycles. The fraction of sp³-hybridized carbons (Fsp3) is 0.970. The Morgan fingerprint density at radius 2 is 0.800 bits per heavy atom. The van der Waals surface area contributed by atoms with E-state index in [4.69, 9.17) is 4.74 Å². The summed E-state index contributed by atoms with van der Waals surface area (Å²) >= 11 is 0. The van der Waals surface area contributed by atoms with Crippen LogP contribution in [0.2, 0.25) is 0 Å². The summed E-state index contributed by atoms with van der Waals surface area (Å²) in [6.45, 7) is 9.50. The number of ether oxygens (including phenoxy) is 1. The van der Waals surface area contributed by atoms with Gasteiger partial charge in [-0.3, -0.25) is 4.79 Å². The molecule has 35 heavy (non-hydrogen) atoms. The molecule has 2 heteroatoms. The van der Waals surface area contributed by atoms with Crippen molar-refractivity contribution in [1.82, 2.24) is 0 Å². The van der Waals surface area contributed by atoms with Gasteiger partial charge in [-0.05, 0) is 25.2 Å². The van der Waals surface area contributed by atoms with E-state index in [2.05, 4.69) is 27.7 Å². The zero-order valence-corrected chi connectivity index (χ0v) is 24.9. The molecule has 2 atom stereocenters. The van der Waals surface area contributed by atoms with Crippen LogP contribution in [0.25, 0.3) is 0 Å². The molecule has 0 spiro atoms. The number of carbonyl (C=O) groups is 1. The van der Waals surface area contributed by atoms with E-state index < -0.39 is 0 Å². The smallest absolute Gasteiger partial charge is 0.308 e. The molecule has 0 fully saturated rings. The third-order valence-electron chi connectivity index (χ3n) is 7.79. The zero-order valence-electron chi connectivity index (χ0n) is 24.9. The van der Waals surface area contributed by atoms with Crippen LogP contribution in [-0.2, 0) is 9.53 Å². The lowest BCUT2D eigenvalue weighted by Crippen LogP contribution is -2.19. The second-order valence-electron chi connectivity index (χ2n) is 11.5. The van der Waals surface area contributed by atoms with E-state index in [0.717, 1.165) is 12.8 Å². The molecule has 0 aromatic carbocycles. The minimum atomic E-state index is 0.0420. The number of rotatable bonds is 28. The Kier molecular flexibility index (Phi) is 27.6. The Bertz CT molecular complexity index is 419. The molecule has 0 aromatic heterocycles. The van der Waals surface area contributed by atoms with Gasteiger partial charge in [-0.2, -0.15) is 0 Å². The standard InChI is InChI=1S/C33H66O2/c1-5-8-11-13-15-16-17-18-19-21-23-26-29-32(28-25-22-20-14-12-9-6-2)30-35-33(34)31(4)27-24-10-7-3/h31-32H,5-30H2,1-4H3. The fourth-order valence-electron chi connectivity index (χ4n) is 5.14. The van der Waals surface area contributed by atoms with Crippen LogP contribution in [0.1, 0.15) is 188 Å². The van der Waals surface area contributed by atoms with E-state index in [0.29, 0.717) is 12.5 Å². The van der Waals surface area contributed by atoms with Gasteiger partial charge < -0.3 is 4.74 Å². The first-order valence-electron chi connectivity index (χ1n) is 16.3. The number of esters is 1. The van der Waals surface area contributed by atoms with Crippen LogP contribution in [-0.4, -0.2) is 12.6 Å². The van der Waals surface area contributed by atoms with Gasteiger partial charge in [0.15, 0.2) is 0 Å². The number of hydrogen-bond acceptors (Lipinski definition) is 2. The molecule has 0 N–H and O–H groups in total. The molecule has 0 heterocycles. The Balaban J connectivity index is 4.05. The molecule has 0 radical (unpaired) electrons. The quantitative estimate of drug-likeness (QED) is 0.0798. The number of unbranched alkanes of at least 4 members (excludes halogenated alkanes) is 19. The van der Waals surface area contributed by atoms with E-state index in [-0.39, 0.29) is 11.9 Å². The molecule has 0 saturated heterocycles. The van der Waals surface area contributed by atoms with Crippen LogP contribution in [0.4, 0.5) is 0 Å². The van der Waals surface area contributed by atoms with Crippen molar-refractivity contribution in [3.8, 4) is 0 Å². The van der Waals surface area contributed by atoms with Gasteiger partial charge in [0.1, 0.15) is 0 Å². The maximum absolute atomic E-state index is 12.5. The molecule has 0 aromatic rings. The van der Waals surface area contributed by atoms with E-state index in [9.17, 15) is 4.79 Å². The SMILES string of the molecule is CCCCCCCCCCCCCCC(CCCCCCCCC)COC(=O)C(C)CCCCC. The minimum absolute atomic E-state index is 0.0420. The molecule has 0 aliphatic rings. The van der Waals surface area contributed by atoms with Gasteiger partial charge in [0.25, 0.3) is 0 Å². The van der Waals surface area contributed by atoms with Crippen molar-refractivity contribution in [1.29, 1.82) is 0 Å². The number of carbonyl (C=O) groups excluding carboxylic acids is 1. The van der Waals surface area contributed by atoms with Crippen LogP contribution in [0.15, 0.2) is 0 Å². The highest BCUT2D eigenvalue weighted by Gasteiger charge is 2.17. The second kappa shape index (κ2) is 28.0. The van der Waals surface area contributed by atoms with Gasteiger partial charge in [0.05, 0.1) is 12.5 Å². The van der Waals surface area contributed by atoms with Crippen molar-refractivity contribution in [2.75, 3.05) is 6.61 Å². The third kappa shape index (κ3) is 24.9. The first-order chi connectivity index (χ1) is 17.2. The zero-order chi connectivity index (χ0) is 25.8. The molecule has 0 saturated carbocycles. The van der Waals surface area contributed by atoms with Crippen LogP contribution < -0.4 is 0 Å². The molecule has 2 unspecified atom stereocenters. The van der Waals surface area contributed by atoms with Crippen molar-refractivity contribution in [3.05, 3.63) is 0 Å². The minimum Gasteiger partial charge on any atom is -0.465 e. The average Bonchev–Trinajstić information content (AvgIpc) is 2.86. The normalized spacial score (nSPS) is 13.1. The first kappa shape index (κ1) is 34.5. The molecule has 0 amide bonds. The van der Waals surface area contributed by atoms with Crippen molar-refractivity contribution in [2.45, 2.75) is 188 Å². The summed E-state index contributed by atoms with van der Waals surface area (Å²) in [4.78, 5) is 12.5.